The van der Waals surface area contributed by atoms with Crippen LogP contribution >= 0.6 is 11.3 Å². The summed E-state index contributed by atoms with van der Waals surface area (Å²) in [5, 5.41) is 21.6. The average molecular weight is 365 g/mol. The molecule has 9 heteroatoms. The molecule has 4 heterocycles. The van der Waals surface area contributed by atoms with E-state index in [1.807, 2.05) is 6.20 Å². The van der Waals surface area contributed by atoms with Crippen molar-refractivity contribution in [3.63, 3.8) is 0 Å². The molecule has 1 N–H and O–H groups in total. The molecule has 0 unspecified atom stereocenters. The normalized spacial score (nSPS) is 13.0. The molecule has 130 valence electrons. The Morgan fingerprint density at radius 2 is 2.23 bits per heavy atom. The first-order chi connectivity index (χ1) is 12.8. The Labute approximate surface area is 152 Å². The van der Waals surface area contributed by atoms with Crippen LogP contribution in [0.2, 0.25) is 0 Å². The Morgan fingerprint density at radius 3 is 3.12 bits per heavy atom. The van der Waals surface area contributed by atoms with Gasteiger partial charge in [0, 0.05) is 21.5 Å². The van der Waals surface area contributed by atoms with Gasteiger partial charge in [-0.1, -0.05) is 11.3 Å². The summed E-state index contributed by atoms with van der Waals surface area (Å²) >= 11 is 1.78. The molecule has 0 saturated carbocycles. The Bertz CT molecular complexity index is 1120. The molecule has 1 aliphatic rings. The fourth-order valence-corrected chi connectivity index (χ4v) is 4.15. The zero-order chi connectivity index (χ0) is 17.5. The number of rotatable bonds is 5. The van der Waals surface area contributed by atoms with E-state index in [-0.39, 0.29) is 6.61 Å². The molecule has 0 fully saturated rings. The van der Waals surface area contributed by atoms with E-state index in [9.17, 15) is 0 Å². The number of fused-ring (bicyclic) bond motifs is 2. The van der Waals surface area contributed by atoms with E-state index < -0.39 is 0 Å². The lowest BCUT2D eigenvalue weighted by Crippen LogP contribution is -2.02. The Kier molecular flexibility index (Phi) is 3.61. The second-order valence-corrected chi connectivity index (χ2v) is 7.24. The van der Waals surface area contributed by atoms with Crippen molar-refractivity contribution in [1.82, 2.24) is 34.7 Å². The first-order valence-corrected chi connectivity index (χ1v) is 9.10. The second kappa shape index (κ2) is 6.11. The number of nitrogens with zero attached hydrogens (tertiary/aromatic N) is 7. The minimum absolute atomic E-state index is 0.0441. The molecule has 0 aliphatic heterocycles. The molecule has 26 heavy (non-hydrogen) atoms. The molecular weight excluding hydrogens is 350 g/mol. The molecule has 0 atom stereocenters. The van der Waals surface area contributed by atoms with E-state index in [1.54, 1.807) is 33.1 Å². The van der Waals surface area contributed by atoms with Crippen molar-refractivity contribution in [2.24, 2.45) is 0 Å². The number of hydrogen-bond acceptors (Lipinski definition) is 7. The third kappa shape index (κ3) is 2.61. The molecule has 8 nitrogen and oxygen atoms in total. The van der Waals surface area contributed by atoms with Crippen LogP contribution < -0.4 is 0 Å². The molecule has 0 spiro atoms. The van der Waals surface area contributed by atoms with Crippen LogP contribution in [0.25, 0.3) is 28.6 Å². The van der Waals surface area contributed by atoms with Gasteiger partial charge < -0.3 is 5.11 Å². The summed E-state index contributed by atoms with van der Waals surface area (Å²) in [6.07, 6.45) is 10.6. The van der Waals surface area contributed by atoms with Crippen molar-refractivity contribution in [2.45, 2.75) is 19.5 Å². The quantitative estimate of drug-likeness (QED) is 0.579. The van der Waals surface area contributed by atoms with Crippen LogP contribution in [-0.4, -0.2) is 46.5 Å². The Balaban J connectivity index is 1.48. The first-order valence-electron chi connectivity index (χ1n) is 8.28. The van der Waals surface area contributed by atoms with Crippen molar-refractivity contribution in [3.8, 4) is 11.3 Å². The summed E-state index contributed by atoms with van der Waals surface area (Å²) in [5.41, 5.74) is 4.11. The summed E-state index contributed by atoms with van der Waals surface area (Å²) in [5.74, 6) is 0. The minimum atomic E-state index is 0.0441. The standard InChI is InChI=1S/C17H15N7OS/c25-5-4-23-9-12(7-19-23)14-8-18-16-17(20-14)24(22-21-16)10-13-6-11-2-1-3-15(11)26-13/h1,3,6-9,25H,2,4-5,10H2. The van der Waals surface area contributed by atoms with Gasteiger partial charge in [-0.15, -0.1) is 16.4 Å². The van der Waals surface area contributed by atoms with Crippen LogP contribution in [0.15, 0.2) is 30.7 Å². The van der Waals surface area contributed by atoms with E-state index >= 15 is 0 Å². The molecule has 4 aromatic rings. The second-order valence-electron chi connectivity index (χ2n) is 6.07. The third-order valence-corrected chi connectivity index (χ3v) is 5.42. The van der Waals surface area contributed by atoms with Gasteiger partial charge in [-0.3, -0.25) is 4.68 Å². The molecule has 0 radical (unpaired) electrons. The van der Waals surface area contributed by atoms with Gasteiger partial charge in [0.05, 0.1) is 37.8 Å². The molecule has 0 amide bonds. The van der Waals surface area contributed by atoms with Gasteiger partial charge in [-0.2, -0.15) is 5.10 Å². The largest absolute Gasteiger partial charge is 0.394 e. The number of allylic oxidation sites excluding steroid dienone is 1. The highest BCUT2D eigenvalue weighted by atomic mass is 32.1. The lowest BCUT2D eigenvalue weighted by atomic mass is 10.2. The van der Waals surface area contributed by atoms with E-state index in [0.29, 0.717) is 30.1 Å². The maximum atomic E-state index is 9.02. The number of aliphatic hydroxyl groups excluding tert-OH is 1. The smallest absolute Gasteiger partial charge is 0.221 e. The molecule has 0 saturated heterocycles. The third-order valence-electron chi connectivity index (χ3n) is 4.29. The molecular formula is C17H15N7OS. The van der Waals surface area contributed by atoms with Crippen molar-refractivity contribution in [3.05, 3.63) is 46.1 Å². The van der Waals surface area contributed by atoms with Gasteiger partial charge in [-0.05, 0) is 24.1 Å². The van der Waals surface area contributed by atoms with Crippen LogP contribution in [-0.2, 0) is 19.5 Å². The predicted molar refractivity (Wildman–Crippen MR) is 97.6 cm³/mol. The van der Waals surface area contributed by atoms with Crippen LogP contribution in [0.5, 0.6) is 0 Å². The van der Waals surface area contributed by atoms with E-state index in [2.05, 4.69) is 43.6 Å². The highest BCUT2D eigenvalue weighted by Gasteiger charge is 2.14. The fraction of sp³-hybridized carbons (Fsp3) is 0.235. The maximum absolute atomic E-state index is 9.02. The predicted octanol–water partition coefficient (Wildman–Crippen LogP) is 1.76. The summed E-state index contributed by atoms with van der Waals surface area (Å²) < 4.78 is 3.46. The zero-order valence-electron chi connectivity index (χ0n) is 13.8. The van der Waals surface area contributed by atoms with Crippen molar-refractivity contribution in [1.29, 1.82) is 0 Å². The van der Waals surface area contributed by atoms with E-state index in [4.69, 9.17) is 5.11 Å². The summed E-state index contributed by atoms with van der Waals surface area (Å²) in [6, 6.07) is 2.23. The highest BCUT2D eigenvalue weighted by Crippen LogP contribution is 2.29. The van der Waals surface area contributed by atoms with Gasteiger partial charge in [0.15, 0.2) is 5.65 Å². The van der Waals surface area contributed by atoms with Crippen molar-refractivity contribution < 1.29 is 5.11 Å². The van der Waals surface area contributed by atoms with Crippen LogP contribution in [0.3, 0.4) is 0 Å². The fourth-order valence-electron chi connectivity index (χ4n) is 3.04. The monoisotopic (exact) mass is 365 g/mol. The van der Waals surface area contributed by atoms with Crippen LogP contribution in [0.1, 0.15) is 15.3 Å². The van der Waals surface area contributed by atoms with Crippen LogP contribution in [0.4, 0.5) is 0 Å². The lowest BCUT2D eigenvalue weighted by molar-refractivity contribution is 0.269. The van der Waals surface area contributed by atoms with Gasteiger partial charge in [0.25, 0.3) is 0 Å². The summed E-state index contributed by atoms with van der Waals surface area (Å²) in [4.78, 5) is 11.6. The van der Waals surface area contributed by atoms with Gasteiger partial charge in [0.2, 0.25) is 5.65 Å². The summed E-state index contributed by atoms with van der Waals surface area (Å²) in [6.45, 7) is 1.12. The molecule has 0 aromatic carbocycles. The minimum Gasteiger partial charge on any atom is -0.394 e. The van der Waals surface area contributed by atoms with Gasteiger partial charge in [-0.25, -0.2) is 14.6 Å². The zero-order valence-corrected chi connectivity index (χ0v) is 14.6. The molecule has 1 aliphatic carbocycles. The highest BCUT2D eigenvalue weighted by molar-refractivity contribution is 7.13. The molecule has 4 aromatic heterocycles. The Hall–Kier alpha value is -2.91. The maximum Gasteiger partial charge on any atom is 0.221 e. The molecule has 0 bridgehead atoms. The topological polar surface area (TPSA) is 94.5 Å². The van der Waals surface area contributed by atoms with Crippen molar-refractivity contribution in [2.75, 3.05) is 6.61 Å². The molecule has 5 rings (SSSR count). The van der Waals surface area contributed by atoms with Crippen molar-refractivity contribution >= 4 is 28.7 Å². The number of aliphatic hydroxyl groups is 1. The SMILES string of the molecule is OCCn1cc(-c2cnc3nnn(Cc4cc5c(s4)C=CC5)c3n2)cn1. The van der Waals surface area contributed by atoms with Gasteiger partial charge in [0.1, 0.15) is 0 Å². The van der Waals surface area contributed by atoms with E-state index in [0.717, 1.165) is 12.0 Å². The summed E-state index contributed by atoms with van der Waals surface area (Å²) in [7, 11) is 0. The number of thiophene rings is 1. The average Bonchev–Trinajstić information content (AvgIpc) is 3.39. The van der Waals surface area contributed by atoms with Gasteiger partial charge >= 0.3 is 0 Å². The first kappa shape index (κ1) is 15.4. The van der Waals surface area contributed by atoms with Crippen LogP contribution in [0, 0.1) is 0 Å². The lowest BCUT2D eigenvalue weighted by Gasteiger charge is -2.01. The number of aromatic nitrogens is 7. The number of hydrogen-bond donors (Lipinski definition) is 1. The van der Waals surface area contributed by atoms with E-state index in [1.165, 1.54) is 15.3 Å². The Morgan fingerprint density at radius 1 is 1.27 bits per heavy atom.